The van der Waals surface area contributed by atoms with Crippen LogP contribution in [0.25, 0.3) is 0 Å². The second-order valence-electron chi connectivity index (χ2n) is 7.36. The van der Waals surface area contributed by atoms with Crippen molar-refractivity contribution in [3.8, 4) is 0 Å². The van der Waals surface area contributed by atoms with Crippen molar-refractivity contribution in [2.75, 3.05) is 13.6 Å². The smallest absolute Gasteiger partial charge is 0.236 e. The van der Waals surface area contributed by atoms with Crippen molar-refractivity contribution in [2.24, 2.45) is 0 Å². The Morgan fingerprint density at radius 3 is 2.44 bits per heavy atom. The van der Waals surface area contributed by atoms with E-state index in [0.717, 1.165) is 12.3 Å². The molecule has 2 aromatic rings. The first-order valence-electron chi connectivity index (χ1n) is 9.12. The maximum Gasteiger partial charge on any atom is 0.236 e. The van der Waals surface area contributed by atoms with E-state index in [1.165, 1.54) is 24.0 Å². The van der Waals surface area contributed by atoms with Crippen molar-refractivity contribution >= 4 is 5.91 Å². The van der Waals surface area contributed by atoms with Gasteiger partial charge in [-0.05, 0) is 42.0 Å². The summed E-state index contributed by atoms with van der Waals surface area (Å²) < 4.78 is 5.34. The van der Waals surface area contributed by atoms with Crippen LogP contribution < -0.4 is 0 Å². The van der Waals surface area contributed by atoms with Gasteiger partial charge in [0, 0.05) is 19.6 Å². The third-order valence-electron chi connectivity index (χ3n) is 4.83. The van der Waals surface area contributed by atoms with Crippen LogP contribution in [-0.2, 0) is 17.9 Å². The number of hydrogen-bond acceptors (Lipinski definition) is 3. The lowest BCUT2D eigenvalue weighted by Crippen LogP contribution is -2.38. The number of hydrogen-bond donors (Lipinski definition) is 0. The summed E-state index contributed by atoms with van der Waals surface area (Å²) in [7, 11) is 1.84. The highest BCUT2D eigenvalue weighted by molar-refractivity contribution is 5.78. The molecule has 0 aliphatic heterocycles. The fourth-order valence-corrected chi connectivity index (χ4v) is 3.02. The molecular formula is C21H28N2O2. The largest absolute Gasteiger partial charge is 0.467 e. The van der Waals surface area contributed by atoms with Crippen LogP contribution in [0, 0.1) is 0 Å². The summed E-state index contributed by atoms with van der Waals surface area (Å²) in [5.74, 6) is 1.51. The molecule has 1 heterocycles. The number of likely N-dealkylation sites (N-methyl/N-ethyl adjacent to an activating group) is 1. The van der Waals surface area contributed by atoms with Gasteiger partial charge < -0.3 is 9.32 Å². The molecule has 0 spiro atoms. The zero-order valence-electron chi connectivity index (χ0n) is 15.4. The maximum atomic E-state index is 12.6. The maximum absolute atomic E-state index is 12.6. The van der Waals surface area contributed by atoms with Crippen LogP contribution in [0.5, 0.6) is 0 Å². The van der Waals surface area contributed by atoms with Crippen LogP contribution in [0.1, 0.15) is 49.5 Å². The van der Waals surface area contributed by atoms with Gasteiger partial charge >= 0.3 is 0 Å². The Labute approximate surface area is 150 Å². The third-order valence-corrected chi connectivity index (χ3v) is 4.83. The number of benzene rings is 1. The van der Waals surface area contributed by atoms with E-state index < -0.39 is 0 Å². The zero-order valence-corrected chi connectivity index (χ0v) is 15.4. The van der Waals surface area contributed by atoms with E-state index in [4.69, 9.17) is 4.42 Å². The predicted octanol–water partition coefficient (Wildman–Crippen LogP) is 4.03. The van der Waals surface area contributed by atoms with Crippen molar-refractivity contribution in [1.29, 1.82) is 0 Å². The van der Waals surface area contributed by atoms with E-state index in [9.17, 15) is 4.79 Å². The lowest BCUT2D eigenvalue weighted by molar-refractivity contribution is -0.132. The number of furan rings is 1. The number of carbonyl (C=O) groups is 1. The van der Waals surface area contributed by atoms with Gasteiger partial charge in [0.1, 0.15) is 5.76 Å². The average Bonchev–Trinajstić information content (AvgIpc) is 3.32. The molecule has 0 bridgehead atoms. The fraction of sp³-hybridized carbons (Fsp3) is 0.476. The number of nitrogens with zero attached hydrogens (tertiary/aromatic N) is 2. The number of carbonyl (C=O) groups excluding carboxylic acids is 1. The Balaban J connectivity index is 1.58. The van der Waals surface area contributed by atoms with Gasteiger partial charge in [-0.25, -0.2) is 0 Å². The van der Waals surface area contributed by atoms with Crippen LogP contribution in [0.15, 0.2) is 47.1 Å². The molecule has 1 fully saturated rings. The van der Waals surface area contributed by atoms with Crippen LogP contribution in [0.4, 0.5) is 0 Å². The van der Waals surface area contributed by atoms with Gasteiger partial charge in [-0.3, -0.25) is 9.69 Å². The highest BCUT2D eigenvalue weighted by Gasteiger charge is 2.31. The highest BCUT2D eigenvalue weighted by atomic mass is 16.3. The number of rotatable bonds is 8. The molecule has 1 saturated carbocycles. The highest BCUT2D eigenvalue weighted by Crippen LogP contribution is 2.28. The minimum absolute atomic E-state index is 0.141. The van der Waals surface area contributed by atoms with Crippen molar-refractivity contribution in [1.82, 2.24) is 9.80 Å². The molecule has 4 heteroatoms. The monoisotopic (exact) mass is 340 g/mol. The Hall–Kier alpha value is -2.07. The minimum atomic E-state index is 0.141. The lowest BCUT2D eigenvalue weighted by Gasteiger charge is -2.25. The van der Waals surface area contributed by atoms with Crippen LogP contribution in [-0.4, -0.2) is 35.3 Å². The molecule has 3 rings (SSSR count). The first-order valence-corrected chi connectivity index (χ1v) is 9.12. The summed E-state index contributed by atoms with van der Waals surface area (Å²) in [6.45, 7) is 6.24. The Kier molecular flexibility index (Phi) is 5.59. The lowest BCUT2D eigenvalue weighted by atomic mass is 10.0. The van der Waals surface area contributed by atoms with Crippen molar-refractivity contribution in [3.63, 3.8) is 0 Å². The SMILES string of the molecule is CC(C)c1ccc(CN(CC(=O)N(C)Cc2ccco2)C2CC2)cc1. The Bertz CT molecular complexity index is 672. The topological polar surface area (TPSA) is 36.7 Å². The molecule has 0 unspecified atom stereocenters. The van der Waals surface area contributed by atoms with E-state index in [-0.39, 0.29) is 5.91 Å². The van der Waals surface area contributed by atoms with Crippen molar-refractivity contribution in [2.45, 2.75) is 51.7 Å². The van der Waals surface area contributed by atoms with Crippen LogP contribution in [0.3, 0.4) is 0 Å². The fourth-order valence-electron chi connectivity index (χ4n) is 3.02. The number of amides is 1. The second kappa shape index (κ2) is 7.87. The molecule has 1 aromatic carbocycles. The molecule has 4 nitrogen and oxygen atoms in total. The first-order chi connectivity index (χ1) is 12.0. The summed E-state index contributed by atoms with van der Waals surface area (Å²) >= 11 is 0. The molecule has 1 aliphatic carbocycles. The van der Waals surface area contributed by atoms with Gasteiger partial charge in [0.05, 0.1) is 19.4 Å². The summed E-state index contributed by atoms with van der Waals surface area (Å²) in [6.07, 6.45) is 4.03. The zero-order chi connectivity index (χ0) is 17.8. The summed E-state index contributed by atoms with van der Waals surface area (Å²) in [5, 5.41) is 0. The van der Waals surface area contributed by atoms with Gasteiger partial charge in [-0.15, -0.1) is 0 Å². The van der Waals surface area contributed by atoms with Crippen LogP contribution in [0.2, 0.25) is 0 Å². The first kappa shape index (κ1) is 17.7. The third kappa shape index (κ3) is 4.95. The second-order valence-corrected chi connectivity index (χ2v) is 7.36. The van der Waals surface area contributed by atoms with Crippen LogP contribution >= 0.6 is 0 Å². The van der Waals surface area contributed by atoms with Gasteiger partial charge in [-0.2, -0.15) is 0 Å². The van der Waals surface area contributed by atoms with E-state index in [2.05, 4.69) is 43.0 Å². The predicted molar refractivity (Wildman–Crippen MR) is 99.1 cm³/mol. The van der Waals surface area contributed by atoms with Crippen molar-refractivity contribution in [3.05, 3.63) is 59.5 Å². The molecular weight excluding hydrogens is 312 g/mol. The quantitative estimate of drug-likeness (QED) is 0.728. The minimum Gasteiger partial charge on any atom is -0.467 e. The summed E-state index contributed by atoms with van der Waals surface area (Å²) in [6, 6.07) is 13.1. The van der Waals surface area contributed by atoms with E-state index >= 15 is 0 Å². The standard InChI is InChI=1S/C21H28N2O2/c1-16(2)18-8-6-17(7-9-18)13-23(19-10-11-19)15-21(24)22(3)14-20-5-4-12-25-20/h4-9,12,16,19H,10-11,13-15H2,1-3H3. The summed E-state index contributed by atoms with van der Waals surface area (Å²) in [4.78, 5) is 16.6. The normalized spacial score (nSPS) is 14.3. The molecule has 0 N–H and O–H groups in total. The molecule has 0 radical (unpaired) electrons. The molecule has 1 amide bonds. The summed E-state index contributed by atoms with van der Waals surface area (Å²) in [5.41, 5.74) is 2.63. The van der Waals surface area contributed by atoms with Gasteiger partial charge in [0.15, 0.2) is 0 Å². The molecule has 1 aliphatic rings. The molecule has 1 aromatic heterocycles. The van der Waals surface area contributed by atoms with Gasteiger partial charge in [0.2, 0.25) is 5.91 Å². The van der Waals surface area contributed by atoms with E-state index in [0.29, 0.717) is 25.0 Å². The average molecular weight is 340 g/mol. The van der Waals surface area contributed by atoms with E-state index in [1.54, 1.807) is 11.2 Å². The Morgan fingerprint density at radius 2 is 1.88 bits per heavy atom. The Morgan fingerprint density at radius 1 is 1.16 bits per heavy atom. The van der Waals surface area contributed by atoms with E-state index in [1.807, 2.05) is 19.2 Å². The molecule has 25 heavy (non-hydrogen) atoms. The van der Waals surface area contributed by atoms with Gasteiger partial charge in [-0.1, -0.05) is 38.1 Å². The van der Waals surface area contributed by atoms with Gasteiger partial charge in [0.25, 0.3) is 0 Å². The van der Waals surface area contributed by atoms with Crippen molar-refractivity contribution < 1.29 is 9.21 Å². The molecule has 134 valence electrons. The molecule has 0 saturated heterocycles. The molecule has 0 atom stereocenters.